The molecule has 3 aliphatic rings. The van der Waals surface area contributed by atoms with Gasteiger partial charge in [-0.1, -0.05) is 304 Å². The van der Waals surface area contributed by atoms with Crippen LogP contribution in [0.5, 0.6) is 0 Å². The molecule has 0 heteroatoms. The van der Waals surface area contributed by atoms with Crippen molar-refractivity contribution >= 4 is 0 Å². The molecule has 10 rings (SSSR count). The lowest BCUT2D eigenvalue weighted by Gasteiger charge is -2.34. The normalized spacial score (nSPS) is 14.6. The van der Waals surface area contributed by atoms with E-state index in [1.807, 2.05) is 0 Å². The fraction of sp³-hybridized carbons (Fsp3) is 0.475. The number of hydrogen-bond acceptors (Lipinski definition) is 0. The summed E-state index contributed by atoms with van der Waals surface area (Å²) in [5.41, 5.74) is 26.3. The van der Waals surface area contributed by atoms with E-state index in [9.17, 15) is 0 Å². The molecule has 0 N–H and O–H groups in total. The molecule has 0 aliphatic heterocycles. The molecule has 0 spiro atoms. The summed E-state index contributed by atoms with van der Waals surface area (Å²) in [6, 6.07) is 60.0. The van der Waals surface area contributed by atoms with Gasteiger partial charge < -0.3 is 0 Å². The number of aryl methyl sites for hydroxylation is 1. The monoisotopic (exact) mass is 1060 g/mol. The molecule has 0 heterocycles. The topological polar surface area (TPSA) is 0 Å². The summed E-state index contributed by atoms with van der Waals surface area (Å²) in [5.74, 6) is 0. The van der Waals surface area contributed by atoms with E-state index in [1.165, 1.54) is 251 Å². The highest BCUT2D eigenvalue weighted by Gasteiger charge is 2.47. The second-order valence-corrected chi connectivity index (χ2v) is 25.4. The predicted octanol–water partition coefficient (Wildman–Crippen LogP) is 24.5. The van der Waals surface area contributed by atoms with Crippen LogP contribution in [0.1, 0.15) is 266 Å². The van der Waals surface area contributed by atoms with Crippen molar-refractivity contribution in [2.24, 2.45) is 0 Å². The van der Waals surface area contributed by atoms with E-state index in [0.29, 0.717) is 0 Å². The first-order valence-electron chi connectivity index (χ1n) is 33.3. The Morgan fingerprint density at radius 3 is 1.01 bits per heavy atom. The first-order valence-corrected chi connectivity index (χ1v) is 33.3. The van der Waals surface area contributed by atoms with E-state index in [4.69, 9.17) is 0 Å². The highest BCUT2D eigenvalue weighted by molar-refractivity contribution is 5.91. The summed E-state index contributed by atoms with van der Waals surface area (Å²) in [7, 11) is 0. The molecule has 0 fully saturated rings. The number of fused-ring (bicyclic) bond motifs is 9. The van der Waals surface area contributed by atoms with Gasteiger partial charge in [0.15, 0.2) is 0 Å². The van der Waals surface area contributed by atoms with Crippen LogP contribution in [0, 0.1) is 0 Å². The number of benzene rings is 7. The van der Waals surface area contributed by atoms with Crippen LogP contribution in [0.2, 0.25) is 0 Å². The van der Waals surface area contributed by atoms with Gasteiger partial charge in [0.25, 0.3) is 0 Å². The quantitative estimate of drug-likeness (QED) is 0.0369. The van der Waals surface area contributed by atoms with Gasteiger partial charge in [-0.05, 0) is 169 Å². The Morgan fingerprint density at radius 1 is 0.250 bits per heavy atom. The Morgan fingerprint density at radius 2 is 0.588 bits per heavy atom. The second-order valence-electron chi connectivity index (χ2n) is 25.4. The van der Waals surface area contributed by atoms with Gasteiger partial charge >= 0.3 is 0 Å². The van der Waals surface area contributed by atoms with Crippen LogP contribution in [0.15, 0.2) is 146 Å². The first kappa shape index (κ1) is 57.8. The fourth-order valence-electron chi connectivity index (χ4n) is 15.9. The third-order valence-corrected chi connectivity index (χ3v) is 20.2. The van der Waals surface area contributed by atoms with Crippen LogP contribution < -0.4 is 0 Å². The van der Waals surface area contributed by atoms with Gasteiger partial charge in [-0.2, -0.15) is 0 Å². The minimum absolute atomic E-state index is 0.0909. The molecule has 0 atom stereocenters. The Hall–Kier alpha value is -5.46. The maximum Gasteiger partial charge on any atom is 0.0464 e. The molecule has 0 aromatic heterocycles. The van der Waals surface area contributed by atoms with Crippen LogP contribution in [-0.2, 0) is 22.7 Å². The number of hydrogen-bond donors (Lipinski definition) is 0. The van der Waals surface area contributed by atoms with Crippen LogP contribution >= 0.6 is 0 Å². The van der Waals surface area contributed by atoms with E-state index < -0.39 is 0 Å². The molecule has 7 aromatic rings. The van der Waals surface area contributed by atoms with Crippen molar-refractivity contribution < 1.29 is 0 Å². The average molecular weight is 1060 g/mol. The highest BCUT2D eigenvalue weighted by Crippen LogP contribution is 2.60. The molecule has 0 unspecified atom stereocenters. The van der Waals surface area contributed by atoms with Gasteiger partial charge in [0.2, 0.25) is 0 Å². The molecular weight excluding hydrogens is 961 g/mol. The van der Waals surface area contributed by atoms with Crippen molar-refractivity contribution in [3.8, 4) is 55.6 Å². The Bertz CT molecular complexity index is 2920. The highest BCUT2D eigenvalue weighted by atomic mass is 14.5. The van der Waals surface area contributed by atoms with Gasteiger partial charge in [-0.25, -0.2) is 0 Å². The summed E-state index contributed by atoms with van der Waals surface area (Å²) >= 11 is 0. The zero-order chi connectivity index (χ0) is 55.4. The summed E-state index contributed by atoms with van der Waals surface area (Å²) in [4.78, 5) is 0. The first-order chi connectivity index (χ1) is 39.4. The minimum Gasteiger partial charge on any atom is -0.0654 e. The molecule has 420 valence electrons. The third-order valence-electron chi connectivity index (χ3n) is 20.2. The standard InChI is InChI=1S/C80H100/c1-7-13-19-24-34-60-39-45-65(46-40-60)80(55-29-18-12-6)76-58-63(61-43-49-74-70(56-61)66-35-25-27-37-72(66)78(74,51-30-20-14-8-2)52-31-21-15-9-3)41-47-68(76)69-48-42-64(59-77(69)80)62-44-50-75-71(57-62)67-36-26-28-38-73(67)79(75,53-32-22-16-10-4)54-33-23-17-11-5/h25-28,35-50,56-59H,7-24,29-34,51-55H2,1-6H3. The van der Waals surface area contributed by atoms with Gasteiger partial charge in [-0.15, -0.1) is 0 Å². The molecule has 80 heavy (non-hydrogen) atoms. The Kier molecular flexibility index (Phi) is 19.6. The molecule has 0 radical (unpaired) electrons. The van der Waals surface area contributed by atoms with Crippen molar-refractivity contribution in [1.82, 2.24) is 0 Å². The zero-order valence-corrected chi connectivity index (χ0v) is 50.9. The second kappa shape index (κ2) is 27.1. The maximum atomic E-state index is 2.66. The van der Waals surface area contributed by atoms with Crippen LogP contribution in [0.25, 0.3) is 55.6 Å². The molecule has 0 saturated heterocycles. The number of unbranched alkanes of at least 4 members (excludes halogenated alkanes) is 17. The van der Waals surface area contributed by atoms with Crippen molar-refractivity contribution in [3.63, 3.8) is 0 Å². The molecule has 3 aliphatic carbocycles. The smallest absolute Gasteiger partial charge is 0.0464 e. The minimum atomic E-state index is -0.280. The summed E-state index contributed by atoms with van der Waals surface area (Å²) in [5, 5.41) is 0. The van der Waals surface area contributed by atoms with Crippen molar-refractivity contribution in [3.05, 3.63) is 190 Å². The van der Waals surface area contributed by atoms with Crippen LogP contribution in [-0.4, -0.2) is 0 Å². The van der Waals surface area contributed by atoms with Crippen molar-refractivity contribution in [1.29, 1.82) is 0 Å². The van der Waals surface area contributed by atoms with Gasteiger partial charge in [0, 0.05) is 16.2 Å². The van der Waals surface area contributed by atoms with E-state index in [1.54, 1.807) is 22.3 Å². The predicted molar refractivity (Wildman–Crippen MR) is 349 cm³/mol. The van der Waals surface area contributed by atoms with E-state index >= 15 is 0 Å². The SMILES string of the molecule is CCCCCCc1ccc(C2(CCCCC)c3cc(-c4ccc5c(c4)-c4ccccc4C5(CCCCCC)CCCCCC)ccc3-c3ccc(-c4ccc5c(c4)-c4ccccc4C5(CCCCCC)CCCCCC)cc32)cc1. The van der Waals surface area contributed by atoms with Gasteiger partial charge in [0.1, 0.15) is 0 Å². The third kappa shape index (κ3) is 11.4. The van der Waals surface area contributed by atoms with Gasteiger partial charge in [0.05, 0.1) is 0 Å². The van der Waals surface area contributed by atoms with Gasteiger partial charge in [-0.3, -0.25) is 0 Å². The molecule has 0 bridgehead atoms. The molecular formula is C80H100. The largest absolute Gasteiger partial charge is 0.0654 e. The molecule has 0 nitrogen and oxygen atoms in total. The van der Waals surface area contributed by atoms with Crippen molar-refractivity contribution in [2.45, 2.75) is 244 Å². The zero-order valence-electron chi connectivity index (χ0n) is 50.9. The summed E-state index contributed by atoms with van der Waals surface area (Å²) in [6.07, 6.45) is 36.9. The van der Waals surface area contributed by atoms with Crippen molar-refractivity contribution in [2.75, 3.05) is 0 Å². The van der Waals surface area contributed by atoms with Crippen LogP contribution in [0.4, 0.5) is 0 Å². The lowest BCUT2D eigenvalue weighted by Crippen LogP contribution is -2.27. The summed E-state index contributed by atoms with van der Waals surface area (Å²) in [6.45, 7) is 14.1. The summed E-state index contributed by atoms with van der Waals surface area (Å²) < 4.78 is 0. The molecule has 7 aromatic carbocycles. The molecule has 0 saturated carbocycles. The molecule has 0 amide bonds. The van der Waals surface area contributed by atoms with E-state index in [2.05, 4.69) is 187 Å². The fourth-order valence-corrected chi connectivity index (χ4v) is 15.9. The van der Waals surface area contributed by atoms with E-state index in [0.717, 1.165) is 12.8 Å². The lowest BCUT2D eigenvalue weighted by molar-refractivity contribution is 0.401. The Balaban J connectivity index is 1.09. The lowest BCUT2D eigenvalue weighted by atomic mass is 9.68. The number of rotatable bonds is 32. The van der Waals surface area contributed by atoms with E-state index in [-0.39, 0.29) is 16.2 Å². The van der Waals surface area contributed by atoms with Crippen LogP contribution in [0.3, 0.4) is 0 Å². The average Bonchev–Trinajstić information content (AvgIpc) is 4.23. The maximum absolute atomic E-state index is 2.66. The Labute approximate surface area is 487 Å².